The van der Waals surface area contributed by atoms with Crippen LogP contribution in [0.1, 0.15) is 18.4 Å². The van der Waals surface area contributed by atoms with E-state index in [1.54, 1.807) is 12.1 Å². The summed E-state index contributed by atoms with van der Waals surface area (Å²) in [5.74, 6) is -0.256. The van der Waals surface area contributed by atoms with Crippen LogP contribution >= 0.6 is 15.9 Å². The monoisotopic (exact) mass is 287 g/mol. The lowest BCUT2D eigenvalue weighted by atomic mass is 9.87. The predicted molar refractivity (Wildman–Crippen MR) is 64.9 cm³/mol. The molecule has 1 aromatic rings. The third-order valence-electron chi connectivity index (χ3n) is 3.02. The molecule has 2 rings (SSSR count). The van der Waals surface area contributed by atoms with Gasteiger partial charge in [-0.2, -0.15) is 0 Å². The first kappa shape index (κ1) is 12.0. The molecule has 0 spiro atoms. The number of aliphatic hydroxyl groups is 1. The van der Waals surface area contributed by atoms with Crippen LogP contribution in [-0.4, -0.2) is 23.8 Å². The van der Waals surface area contributed by atoms with Crippen molar-refractivity contribution in [2.45, 2.75) is 24.9 Å². The molecular formula is C12H15BrFNO. The minimum absolute atomic E-state index is 0.256. The van der Waals surface area contributed by atoms with Crippen LogP contribution in [-0.2, 0) is 6.42 Å². The zero-order valence-corrected chi connectivity index (χ0v) is 10.6. The summed E-state index contributed by atoms with van der Waals surface area (Å²) in [6.07, 6.45) is 2.01. The van der Waals surface area contributed by atoms with Gasteiger partial charge in [-0.25, -0.2) is 4.39 Å². The zero-order chi connectivity index (χ0) is 11.6. The second-order valence-corrected chi connectivity index (χ2v) is 5.24. The fourth-order valence-corrected chi connectivity index (χ4v) is 2.62. The number of halogens is 2. The van der Waals surface area contributed by atoms with Gasteiger partial charge in [0.1, 0.15) is 5.82 Å². The minimum Gasteiger partial charge on any atom is -0.388 e. The molecule has 0 aromatic heterocycles. The van der Waals surface area contributed by atoms with Crippen LogP contribution in [0.15, 0.2) is 22.7 Å². The lowest BCUT2D eigenvalue weighted by molar-refractivity contribution is 0.0161. The van der Waals surface area contributed by atoms with Crippen molar-refractivity contribution < 1.29 is 9.50 Å². The highest BCUT2D eigenvalue weighted by Crippen LogP contribution is 2.27. The van der Waals surface area contributed by atoms with Crippen molar-refractivity contribution in [1.82, 2.24) is 5.32 Å². The smallest absolute Gasteiger partial charge is 0.127 e. The van der Waals surface area contributed by atoms with Crippen LogP contribution in [0.2, 0.25) is 0 Å². The largest absolute Gasteiger partial charge is 0.388 e. The Kier molecular flexibility index (Phi) is 3.62. The van der Waals surface area contributed by atoms with E-state index in [0.29, 0.717) is 18.5 Å². The molecule has 1 aromatic carbocycles. The summed E-state index contributed by atoms with van der Waals surface area (Å²) in [4.78, 5) is 0. The second kappa shape index (κ2) is 4.82. The third-order valence-corrected chi connectivity index (χ3v) is 3.76. The summed E-state index contributed by atoms with van der Waals surface area (Å²) in [5, 5.41) is 13.5. The van der Waals surface area contributed by atoms with E-state index in [2.05, 4.69) is 21.2 Å². The molecule has 0 aliphatic carbocycles. The first-order chi connectivity index (χ1) is 7.61. The van der Waals surface area contributed by atoms with Crippen LogP contribution < -0.4 is 5.32 Å². The number of benzene rings is 1. The molecule has 4 heteroatoms. The predicted octanol–water partition coefficient (Wildman–Crippen LogP) is 2.25. The SMILES string of the molecule is OC1(Cc2c(F)cccc2Br)CCCNC1. The summed E-state index contributed by atoms with van der Waals surface area (Å²) >= 11 is 3.33. The molecule has 88 valence electrons. The van der Waals surface area contributed by atoms with Crippen LogP contribution in [0.4, 0.5) is 4.39 Å². The van der Waals surface area contributed by atoms with E-state index < -0.39 is 5.60 Å². The quantitative estimate of drug-likeness (QED) is 0.875. The first-order valence-electron chi connectivity index (χ1n) is 5.47. The molecule has 1 fully saturated rings. The standard InChI is InChI=1S/C12H15BrFNO/c13-10-3-1-4-11(14)9(10)7-12(16)5-2-6-15-8-12/h1,3-4,15-16H,2,5-8H2. The molecule has 1 aliphatic heterocycles. The fraction of sp³-hybridized carbons (Fsp3) is 0.500. The Bertz CT molecular complexity index is 357. The lowest BCUT2D eigenvalue weighted by Crippen LogP contribution is -2.47. The van der Waals surface area contributed by atoms with Gasteiger partial charge >= 0.3 is 0 Å². The number of nitrogens with one attached hydrogen (secondary N) is 1. The van der Waals surface area contributed by atoms with Gasteiger partial charge < -0.3 is 10.4 Å². The van der Waals surface area contributed by atoms with Crippen molar-refractivity contribution >= 4 is 15.9 Å². The van der Waals surface area contributed by atoms with E-state index in [1.807, 2.05) is 0 Å². The molecule has 1 saturated heterocycles. The fourth-order valence-electron chi connectivity index (χ4n) is 2.13. The molecule has 1 heterocycles. The summed E-state index contributed by atoms with van der Waals surface area (Å²) in [7, 11) is 0. The van der Waals surface area contributed by atoms with Gasteiger partial charge in [0.05, 0.1) is 5.60 Å². The van der Waals surface area contributed by atoms with Crippen molar-refractivity contribution in [2.75, 3.05) is 13.1 Å². The molecule has 16 heavy (non-hydrogen) atoms. The van der Waals surface area contributed by atoms with Gasteiger partial charge in [0.2, 0.25) is 0 Å². The van der Waals surface area contributed by atoms with Gasteiger partial charge in [0.15, 0.2) is 0 Å². The van der Waals surface area contributed by atoms with E-state index in [0.717, 1.165) is 23.9 Å². The number of rotatable bonds is 2. The average molecular weight is 288 g/mol. The van der Waals surface area contributed by atoms with E-state index in [1.165, 1.54) is 6.07 Å². The van der Waals surface area contributed by atoms with E-state index in [9.17, 15) is 9.50 Å². The van der Waals surface area contributed by atoms with E-state index in [4.69, 9.17) is 0 Å². The Labute approximate surface area is 103 Å². The third kappa shape index (κ3) is 2.62. The number of piperidine rings is 1. The topological polar surface area (TPSA) is 32.3 Å². The molecular weight excluding hydrogens is 273 g/mol. The van der Waals surface area contributed by atoms with Gasteiger partial charge in [-0.1, -0.05) is 22.0 Å². The molecule has 0 saturated carbocycles. The Morgan fingerprint density at radius 1 is 1.50 bits per heavy atom. The van der Waals surface area contributed by atoms with Gasteiger partial charge in [-0.3, -0.25) is 0 Å². The maximum absolute atomic E-state index is 13.6. The normalized spacial score (nSPS) is 25.7. The number of β-amino-alcohol motifs (C(OH)–C–C–N with tert-alkyl or cyclic N) is 1. The Morgan fingerprint density at radius 3 is 2.94 bits per heavy atom. The summed E-state index contributed by atoms with van der Waals surface area (Å²) < 4.78 is 14.3. The van der Waals surface area contributed by atoms with Crippen LogP contribution in [0.25, 0.3) is 0 Å². The summed E-state index contributed by atoms with van der Waals surface area (Å²) in [6.45, 7) is 1.47. The molecule has 2 N–H and O–H groups in total. The first-order valence-corrected chi connectivity index (χ1v) is 6.26. The van der Waals surface area contributed by atoms with Gasteiger partial charge in [0, 0.05) is 23.0 Å². The van der Waals surface area contributed by atoms with Crippen molar-refractivity contribution in [1.29, 1.82) is 0 Å². The molecule has 0 amide bonds. The Morgan fingerprint density at radius 2 is 2.31 bits per heavy atom. The van der Waals surface area contributed by atoms with Crippen molar-refractivity contribution in [2.24, 2.45) is 0 Å². The second-order valence-electron chi connectivity index (χ2n) is 4.38. The summed E-state index contributed by atoms with van der Waals surface area (Å²) in [6, 6.07) is 4.89. The number of hydrogen-bond donors (Lipinski definition) is 2. The highest BCUT2D eigenvalue weighted by atomic mass is 79.9. The van der Waals surface area contributed by atoms with Crippen molar-refractivity contribution in [3.8, 4) is 0 Å². The molecule has 1 unspecified atom stereocenters. The van der Waals surface area contributed by atoms with Crippen LogP contribution in [0.3, 0.4) is 0 Å². The number of hydrogen-bond acceptors (Lipinski definition) is 2. The Hall–Kier alpha value is -0.450. The van der Waals surface area contributed by atoms with E-state index in [-0.39, 0.29) is 5.82 Å². The highest BCUT2D eigenvalue weighted by Gasteiger charge is 2.30. The van der Waals surface area contributed by atoms with Crippen molar-refractivity contribution in [3.05, 3.63) is 34.1 Å². The molecule has 1 aliphatic rings. The molecule has 2 nitrogen and oxygen atoms in total. The highest BCUT2D eigenvalue weighted by molar-refractivity contribution is 9.10. The minimum atomic E-state index is -0.817. The lowest BCUT2D eigenvalue weighted by Gasteiger charge is -2.33. The van der Waals surface area contributed by atoms with Crippen molar-refractivity contribution in [3.63, 3.8) is 0 Å². The Balaban J connectivity index is 2.19. The van der Waals surface area contributed by atoms with Crippen LogP contribution in [0.5, 0.6) is 0 Å². The average Bonchev–Trinajstić information content (AvgIpc) is 2.25. The maximum atomic E-state index is 13.6. The van der Waals surface area contributed by atoms with Gasteiger partial charge in [-0.15, -0.1) is 0 Å². The maximum Gasteiger partial charge on any atom is 0.127 e. The molecule has 0 bridgehead atoms. The summed E-state index contributed by atoms with van der Waals surface area (Å²) in [5.41, 5.74) is -0.253. The van der Waals surface area contributed by atoms with Gasteiger partial charge in [0.25, 0.3) is 0 Å². The van der Waals surface area contributed by atoms with Gasteiger partial charge in [-0.05, 0) is 31.5 Å². The molecule has 0 radical (unpaired) electrons. The van der Waals surface area contributed by atoms with E-state index >= 15 is 0 Å². The van der Waals surface area contributed by atoms with Crippen LogP contribution in [0, 0.1) is 5.82 Å². The zero-order valence-electron chi connectivity index (χ0n) is 8.97. The molecule has 1 atom stereocenters.